The Morgan fingerprint density at radius 1 is 1.30 bits per heavy atom. The summed E-state index contributed by atoms with van der Waals surface area (Å²) in [7, 11) is 0. The Bertz CT molecular complexity index is 454. The summed E-state index contributed by atoms with van der Waals surface area (Å²) in [5.74, 6) is 0.701. The third-order valence-corrected chi connectivity index (χ3v) is 3.62. The van der Waals surface area contributed by atoms with Crippen molar-refractivity contribution in [2.24, 2.45) is 5.92 Å². The molecule has 1 aromatic heterocycles. The zero-order valence-corrected chi connectivity index (χ0v) is 12.9. The van der Waals surface area contributed by atoms with Crippen molar-refractivity contribution in [3.05, 3.63) is 24.0 Å². The second-order valence-electron chi connectivity index (χ2n) is 6.78. The van der Waals surface area contributed by atoms with Gasteiger partial charge in [-0.3, -0.25) is 4.79 Å². The Labute approximate surface area is 121 Å². The summed E-state index contributed by atoms with van der Waals surface area (Å²) in [5.41, 5.74) is 1.36. The Morgan fingerprint density at radius 2 is 1.95 bits per heavy atom. The minimum absolute atomic E-state index is 0.115. The lowest BCUT2D eigenvalue weighted by Crippen LogP contribution is -2.41. The molecule has 0 aliphatic carbocycles. The van der Waals surface area contributed by atoms with E-state index in [0.717, 1.165) is 24.7 Å². The number of hydrogen-bond acceptors (Lipinski definition) is 3. The number of carbonyl (C=O) groups excluding carboxylic acids is 1. The van der Waals surface area contributed by atoms with Crippen molar-refractivity contribution in [3.63, 3.8) is 0 Å². The smallest absolute Gasteiger partial charge is 0.270 e. The zero-order chi connectivity index (χ0) is 14.8. The summed E-state index contributed by atoms with van der Waals surface area (Å²) in [4.78, 5) is 18.7. The highest BCUT2D eigenvalue weighted by Gasteiger charge is 2.18. The summed E-state index contributed by atoms with van der Waals surface area (Å²) >= 11 is 0. The highest BCUT2D eigenvalue weighted by molar-refractivity contribution is 5.92. The van der Waals surface area contributed by atoms with E-state index in [-0.39, 0.29) is 11.4 Å². The highest BCUT2D eigenvalue weighted by Crippen LogP contribution is 2.22. The van der Waals surface area contributed by atoms with Crippen LogP contribution in [0.2, 0.25) is 0 Å². The molecule has 0 atom stereocenters. The van der Waals surface area contributed by atoms with E-state index in [1.165, 1.54) is 12.8 Å². The van der Waals surface area contributed by atoms with Gasteiger partial charge in [-0.15, -0.1) is 0 Å². The summed E-state index contributed by atoms with van der Waals surface area (Å²) in [6.07, 6.45) is 4.27. The van der Waals surface area contributed by atoms with Gasteiger partial charge >= 0.3 is 0 Å². The number of anilines is 1. The van der Waals surface area contributed by atoms with Gasteiger partial charge in [-0.2, -0.15) is 0 Å². The van der Waals surface area contributed by atoms with Crippen LogP contribution in [-0.2, 0) is 0 Å². The molecule has 1 aliphatic heterocycles. The van der Waals surface area contributed by atoms with Gasteiger partial charge in [0.05, 0.1) is 11.9 Å². The van der Waals surface area contributed by atoms with Gasteiger partial charge in [0, 0.05) is 18.6 Å². The van der Waals surface area contributed by atoms with Crippen LogP contribution in [0.25, 0.3) is 0 Å². The second-order valence-corrected chi connectivity index (χ2v) is 6.78. The molecule has 4 heteroatoms. The van der Waals surface area contributed by atoms with Crippen LogP contribution < -0.4 is 10.2 Å². The van der Waals surface area contributed by atoms with E-state index < -0.39 is 0 Å². The van der Waals surface area contributed by atoms with E-state index in [0.29, 0.717) is 5.69 Å². The van der Waals surface area contributed by atoms with Gasteiger partial charge in [-0.1, -0.05) is 6.92 Å². The normalized spacial score (nSPS) is 17.1. The molecule has 2 heterocycles. The monoisotopic (exact) mass is 275 g/mol. The lowest BCUT2D eigenvalue weighted by Gasteiger charge is -2.31. The summed E-state index contributed by atoms with van der Waals surface area (Å²) in [5, 5.41) is 2.93. The maximum atomic E-state index is 12.0. The average molecular weight is 275 g/mol. The lowest BCUT2D eigenvalue weighted by molar-refractivity contribution is 0.0914. The first-order chi connectivity index (χ1) is 9.35. The number of carbonyl (C=O) groups is 1. The van der Waals surface area contributed by atoms with E-state index in [2.05, 4.69) is 22.1 Å². The summed E-state index contributed by atoms with van der Waals surface area (Å²) in [6.45, 7) is 10.4. The van der Waals surface area contributed by atoms with Crippen molar-refractivity contribution in [2.45, 2.75) is 46.1 Å². The molecule has 1 aliphatic rings. The van der Waals surface area contributed by atoms with Crippen LogP contribution in [0.3, 0.4) is 0 Å². The van der Waals surface area contributed by atoms with Crippen molar-refractivity contribution in [1.29, 1.82) is 0 Å². The van der Waals surface area contributed by atoms with Crippen LogP contribution in [0.4, 0.5) is 5.69 Å². The number of piperidine rings is 1. The van der Waals surface area contributed by atoms with E-state index in [9.17, 15) is 4.79 Å². The topological polar surface area (TPSA) is 45.2 Å². The molecule has 110 valence electrons. The Balaban J connectivity index is 2.01. The molecule has 20 heavy (non-hydrogen) atoms. The first-order valence-electron chi connectivity index (χ1n) is 7.39. The SMILES string of the molecule is CC1CCN(c2ccc(C(=O)NC(C)(C)C)nc2)CC1. The summed E-state index contributed by atoms with van der Waals surface area (Å²) in [6, 6.07) is 3.81. The standard InChI is InChI=1S/C16H25N3O/c1-12-7-9-19(10-8-12)13-5-6-14(17-11-13)15(20)18-16(2,3)4/h5-6,11-12H,7-10H2,1-4H3,(H,18,20). The van der Waals surface area contributed by atoms with Crippen molar-refractivity contribution in [2.75, 3.05) is 18.0 Å². The van der Waals surface area contributed by atoms with Crippen molar-refractivity contribution in [3.8, 4) is 0 Å². The molecule has 0 bridgehead atoms. The molecule has 0 aromatic carbocycles. The molecule has 1 saturated heterocycles. The quantitative estimate of drug-likeness (QED) is 0.902. The summed E-state index contributed by atoms with van der Waals surface area (Å²) < 4.78 is 0. The fraction of sp³-hybridized carbons (Fsp3) is 0.625. The third kappa shape index (κ3) is 3.95. The van der Waals surface area contributed by atoms with E-state index in [4.69, 9.17) is 0 Å². The van der Waals surface area contributed by atoms with E-state index in [1.807, 2.05) is 39.1 Å². The number of rotatable bonds is 2. The van der Waals surface area contributed by atoms with Crippen LogP contribution in [0.1, 0.15) is 51.0 Å². The highest BCUT2D eigenvalue weighted by atomic mass is 16.2. The molecule has 0 unspecified atom stereocenters. The average Bonchev–Trinajstić information content (AvgIpc) is 2.38. The third-order valence-electron chi connectivity index (χ3n) is 3.62. The van der Waals surface area contributed by atoms with Crippen LogP contribution in [-0.4, -0.2) is 29.5 Å². The minimum Gasteiger partial charge on any atom is -0.370 e. The molecule has 0 radical (unpaired) electrons. The predicted molar refractivity (Wildman–Crippen MR) is 82.1 cm³/mol. The largest absolute Gasteiger partial charge is 0.370 e. The molecule has 0 spiro atoms. The zero-order valence-electron chi connectivity index (χ0n) is 12.9. The predicted octanol–water partition coefficient (Wildman–Crippen LogP) is 2.85. The lowest BCUT2D eigenvalue weighted by atomic mass is 9.99. The van der Waals surface area contributed by atoms with E-state index in [1.54, 1.807) is 0 Å². The van der Waals surface area contributed by atoms with Crippen LogP contribution >= 0.6 is 0 Å². The molecule has 1 N–H and O–H groups in total. The van der Waals surface area contributed by atoms with Crippen LogP contribution in [0.15, 0.2) is 18.3 Å². The van der Waals surface area contributed by atoms with Crippen molar-refractivity contribution < 1.29 is 4.79 Å². The molecule has 0 saturated carbocycles. The van der Waals surface area contributed by atoms with Gasteiger partial charge in [0.25, 0.3) is 5.91 Å². The second kappa shape index (κ2) is 5.81. The van der Waals surface area contributed by atoms with Crippen LogP contribution in [0.5, 0.6) is 0 Å². The molecular formula is C16H25N3O. The minimum atomic E-state index is -0.236. The first kappa shape index (κ1) is 14.8. The fourth-order valence-corrected chi connectivity index (χ4v) is 2.38. The number of nitrogens with one attached hydrogen (secondary N) is 1. The number of pyridine rings is 1. The Kier molecular flexibility index (Phi) is 4.31. The van der Waals surface area contributed by atoms with Gasteiger partial charge in [-0.25, -0.2) is 4.98 Å². The molecule has 2 rings (SSSR count). The Morgan fingerprint density at radius 3 is 2.45 bits per heavy atom. The molecule has 1 aromatic rings. The molecule has 1 amide bonds. The number of hydrogen-bond donors (Lipinski definition) is 1. The number of amides is 1. The number of nitrogens with zero attached hydrogens (tertiary/aromatic N) is 2. The first-order valence-corrected chi connectivity index (χ1v) is 7.39. The van der Waals surface area contributed by atoms with Crippen LogP contribution in [0, 0.1) is 5.92 Å². The molecule has 1 fully saturated rings. The molecular weight excluding hydrogens is 250 g/mol. The molecule has 4 nitrogen and oxygen atoms in total. The van der Waals surface area contributed by atoms with Gasteiger partial charge in [0.15, 0.2) is 0 Å². The van der Waals surface area contributed by atoms with Crippen molar-refractivity contribution in [1.82, 2.24) is 10.3 Å². The van der Waals surface area contributed by atoms with Gasteiger partial charge in [-0.05, 0) is 51.7 Å². The van der Waals surface area contributed by atoms with Gasteiger partial charge in [0.1, 0.15) is 5.69 Å². The Hall–Kier alpha value is -1.58. The van der Waals surface area contributed by atoms with Crippen molar-refractivity contribution >= 4 is 11.6 Å². The van der Waals surface area contributed by atoms with Gasteiger partial charge < -0.3 is 10.2 Å². The number of aromatic nitrogens is 1. The van der Waals surface area contributed by atoms with E-state index >= 15 is 0 Å². The maximum absolute atomic E-state index is 12.0. The van der Waals surface area contributed by atoms with Gasteiger partial charge in [0.2, 0.25) is 0 Å². The fourth-order valence-electron chi connectivity index (χ4n) is 2.38. The maximum Gasteiger partial charge on any atom is 0.270 e.